The van der Waals surface area contributed by atoms with E-state index in [2.05, 4.69) is 0 Å². The molecule has 1 heteroatoms. The van der Waals surface area contributed by atoms with Crippen LogP contribution < -0.4 is 0 Å². The minimum absolute atomic E-state index is 0.416. The van der Waals surface area contributed by atoms with E-state index in [0.29, 0.717) is 11.7 Å². The van der Waals surface area contributed by atoms with E-state index in [1.165, 1.54) is 44.9 Å². The molecule has 2 saturated carbocycles. The molecule has 74 valence electrons. The number of carbonyl (C=O) groups excluding carboxylic acids is 1. The Bertz CT molecular complexity index is 197. The van der Waals surface area contributed by atoms with Gasteiger partial charge >= 0.3 is 0 Å². The molecule has 0 aromatic heterocycles. The molecule has 2 aliphatic rings. The molecule has 0 N–H and O–H groups in total. The van der Waals surface area contributed by atoms with Crippen molar-refractivity contribution in [1.29, 1.82) is 0 Å². The molecule has 2 aliphatic carbocycles. The van der Waals surface area contributed by atoms with E-state index in [0.717, 1.165) is 11.8 Å². The molecule has 0 radical (unpaired) electrons. The Morgan fingerprint density at radius 1 is 1.00 bits per heavy atom. The van der Waals surface area contributed by atoms with E-state index in [9.17, 15) is 4.79 Å². The van der Waals surface area contributed by atoms with Crippen LogP contribution in [0, 0.1) is 17.8 Å². The first kappa shape index (κ1) is 9.23. The summed E-state index contributed by atoms with van der Waals surface area (Å²) in [6.45, 7) is 1.77. The summed E-state index contributed by atoms with van der Waals surface area (Å²) in [5.41, 5.74) is 0. The molecule has 0 aliphatic heterocycles. The molecule has 0 bridgehead atoms. The normalized spacial score (nSPS) is 39.6. The monoisotopic (exact) mass is 180 g/mol. The maximum atomic E-state index is 11.3. The zero-order chi connectivity index (χ0) is 9.26. The van der Waals surface area contributed by atoms with Gasteiger partial charge in [0.1, 0.15) is 5.78 Å². The van der Waals surface area contributed by atoms with Crippen molar-refractivity contribution in [3.63, 3.8) is 0 Å². The summed E-state index contributed by atoms with van der Waals surface area (Å²) >= 11 is 0. The van der Waals surface area contributed by atoms with Crippen molar-refractivity contribution >= 4 is 5.78 Å². The van der Waals surface area contributed by atoms with E-state index >= 15 is 0 Å². The van der Waals surface area contributed by atoms with Crippen LogP contribution in [-0.4, -0.2) is 5.78 Å². The summed E-state index contributed by atoms with van der Waals surface area (Å²) in [4.78, 5) is 11.3. The smallest absolute Gasteiger partial charge is 0.132 e. The quantitative estimate of drug-likeness (QED) is 0.605. The first-order valence-electron chi connectivity index (χ1n) is 5.78. The summed E-state index contributed by atoms with van der Waals surface area (Å²) in [7, 11) is 0. The highest BCUT2D eigenvalue weighted by atomic mass is 16.1. The Kier molecular flexibility index (Phi) is 2.71. The van der Waals surface area contributed by atoms with Gasteiger partial charge in [0.25, 0.3) is 0 Å². The summed E-state index contributed by atoms with van der Waals surface area (Å²) in [6.07, 6.45) is 9.40. The Balaban J connectivity index is 1.95. The van der Waals surface area contributed by atoms with Crippen LogP contribution in [-0.2, 0) is 4.79 Å². The maximum Gasteiger partial charge on any atom is 0.132 e. The highest BCUT2D eigenvalue weighted by molar-refractivity contribution is 5.78. The van der Waals surface area contributed by atoms with Crippen molar-refractivity contribution in [3.05, 3.63) is 0 Å². The Morgan fingerprint density at radius 2 is 1.69 bits per heavy atom. The lowest BCUT2D eigenvalue weighted by Crippen LogP contribution is -2.30. The average Bonchev–Trinajstić information content (AvgIpc) is 2.17. The van der Waals surface area contributed by atoms with Crippen molar-refractivity contribution in [2.45, 2.75) is 51.9 Å². The molecule has 0 spiro atoms. The SMILES string of the molecule is CC(=O)[C@@H]1CC[C@H]2CCCC[C@@H]2C1. The van der Waals surface area contributed by atoms with E-state index in [1.54, 1.807) is 6.92 Å². The van der Waals surface area contributed by atoms with Crippen LogP contribution in [0.4, 0.5) is 0 Å². The van der Waals surface area contributed by atoms with E-state index in [-0.39, 0.29) is 0 Å². The number of ketones is 1. The predicted octanol–water partition coefficient (Wildman–Crippen LogP) is 3.18. The lowest BCUT2D eigenvalue weighted by atomic mass is 9.67. The standard InChI is InChI=1S/C12H20O/c1-9(13)11-7-6-10-4-2-3-5-12(10)8-11/h10-12H,2-8H2,1H3/t10-,11-,12-/m1/s1. The van der Waals surface area contributed by atoms with Crippen LogP contribution in [0.3, 0.4) is 0 Å². The van der Waals surface area contributed by atoms with E-state index in [4.69, 9.17) is 0 Å². The number of Topliss-reactive ketones (excluding diaryl/α,β-unsaturated/α-hetero) is 1. The van der Waals surface area contributed by atoms with Gasteiger partial charge in [0.05, 0.1) is 0 Å². The van der Waals surface area contributed by atoms with Crippen LogP contribution in [0.25, 0.3) is 0 Å². The van der Waals surface area contributed by atoms with Gasteiger partial charge in [-0.1, -0.05) is 25.7 Å². The summed E-state index contributed by atoms with van der Waals surface area (Å²) in [5, 5.41) is 0. The second-order valence-corrected chi connectivity index (χ2v) is 4.93. The Labute approximate surface area is 80.9 Å². The van der Waals surface area contributed by atoms with E-state index in [1.807, 2.05) is 0 Å². The largest absolute Gasteiger partial charge is 0.300 e. The van der Waals surface area contributed by atoms with Crippen LogP contribution >= 0.6 is 0 Å². The molecule has 0 aromatic carbocycles. The molecule has 0 amide bonds. The van der Waals surface area contributed by atoms with Gasteiger partial charge in [0, 0.05) is 5.92 Å². The average molecular weight is 180 g/mol. The van der Waals surface area contributed by atoms with Gasteiger partial charge in [-0.15, -0.1) is 0 Å². The summed E-state index contributed by atoms with van der Waals surface area (Å²) < 4.78 is 0. The molecule has 2 fully saturated rings. The third-order valence-corrected chi connectivity index (χ3v) is 4.11. The fourth-order valence-electron chi connectivity index (χ4n) is 3.24. The lowest BCUT2D eigenvalue weighted by molar-refractivity contribution is -0.122. The zero-order valence-electron chi connectivity index (χ0n) is 8.59. The van der Waals surface area contributed by atoms with Crippen molar-refractivity contribution < 1.29 is 4.79 Å². The third kappa shape index (κ3) is 1.95. The molecule has 0 heterocycles. The predicted molar refractivity (Wildman–Crippen MR) is 53.5 cm³/mol. The van der Waals surface area contributed by atoms with Crippen LogP contribution in [0.5, 0.6) is 0 Å². The van der Waals surface area contributed by atoms with E-state index < -0.39 is 0 Å². The number of fused-ring (bicyclic) bond motifs is 1. The number of rotatable bonds is 1. The number of carbonyl (C=O) groups is 1. The highest BCUT2D eigenvalue weighted by Gasteiger charge is 2.33. The minimum atomic E-state index is 0.416. The van der Waals surface area contributed by atoms with Crippen LogP contribution in [0.2, 0.25) is 0 Å². The molecular formula is C12H20O. The highest BCUT2D eigenvalue weighted by Crippen LogP contribution is 2.42. The fraction of sp³-hybridized carbons (Fsp3) is 0.917. The van der Waals surface area contributed by atoms with Gasteiger partial charge in [-0.2, -0.15) is 0 Å². The molecule has 2 rings (SSSR count). The van der Waals surface area contributed by atoms with Gasteiger partial charge < -0.3 is 0 Å². The van der Waals surface area contributed by atoms with Crippen molar-refractivity contribution in [2.75, 3.05) is 0 Å². The van der Waals surface area contributed by atoms with Crippen LogP contribution in [0.15, 0.2) is 0 Å². The molecule has 0 unspecified atom stereocenters. The summed E-state index contributed by atoms with van der Waals surface area (Å²) in [6, 6.07) is 0. The number of hydrogen-bond acceptors (Lipinski definition) is 1. The van der Waals surface area contributed by atoms with Crippen LogP contribution in [0.1, 0.15) is 51.9 Å². The van der Waals surface area contributed by atoms with Gasteiger partial charge in [-0.3, -0.25) is 4.79 Å². The molecule has 1 nitrogen and oxygen atoms in total. The second kappa shape index (κ2) is 3.81. The lowest BCUT2D eigenvalue weighted by Gasteiger charge is -2.38. The Morgan fingerprint density at radius 3 is 2.38 bits per heavy atom. The fourth-order valence-corrected chi connectivity index (χ4v) is 3.24. The van der Waals surface area contributed by atoms with Gasteiger partial charge in [0.15, 0.2) is 0 Å². The van der Waals surface area contributed by atoms with Crippen molar-refractivity contribution in [1.82, 2.24) is 0 Å². The summed E-state index contributed by atoms with van der Waals surface area (Å²) in [5.74, 6) is 2.73. The molecule has 3 atom stereocenters. The van der Waals surface area contributed by atoms with Crippen molar-refractivity contribution in [3.8, 4) is 0 Å². The Hall–Kier alpha value is -0.330. The van der Waals surface area contributed by atoms with Gasteiger partial charge in [-0.25, -0.2) is 0 Å². The first-order chi connectivity index (χ1) is 6.27. The minimum Gasteiger partial charge on any atom is -0.300 e. The zero-order valence-corrected chi connectivity index (χ0v) is 8.59. The first-order valence-corrected chi connectivity index (χ1v) is 5.78. The maximum absolute atomic E-state index is 11.3. The second-order valence-electron chi connectivity index (χ2n) is 4.93. The molecular weight excluding hydrogens is 160 g/mol. The topological polar surface area (TPSA) is 17.1 Å². The van der Waals surface area contributed by atoms with Crippen molar-refractivity contribution in [2.24, 2.45) is 17.8 Å². The number of hydrogen-bond donors (Lipinski definition) is 0. The third-order valence-electron chi connectivity index (χ3n) is 4.11. The van der Waals surface area contributed by atoms with Gasteiger partial charge in [-0.05, 0) is 38.0 Å². The molecule has 0 saturated heterocycles. The van der Waals surface area contributed by atoms with Gasteiger partial charge in [0.2, 0.25) is 0 Å². The molecule has 13 heavy (non-hydrogen) atoms. The molecule has 0 aromatic rings.